The molecule has 54 heavy (non-hydrogen) atoms. The molecule has 3 atom stereocenters. The molecular formula is C48H95NO5. The van der Waals surface area contributed by atoms with Gasteiger partial charge in [0, 0.05) is 6.42 Å². The Kier molecular flexibility index (Phi) is 42.1. The van der Waals surface area contributed by atoms with E-state index in [0.717, 1.165) is 44.9 Å². The molecular weight excluding hydrogens is 671 g/mol. The number of unbranched alkanes of at least 4 members (excludes halogenated alkanes) is 32. The first kappa shape index (κ1) is 52.9. The van der Waals surface area contributed by atoms with Gasteiger partial charge in [0.2, 0.25) is 5.91 Å². The van der Waals surface area contributed by atoms with Crippen molar-refractivity contribution in [3.63, 3.8) is 0 Å². The monoisotopic (exact) mass is 766 g/mol. The summed E-state index contributed by atoms with van der Waals surface area (Å²) in [5, 5.41) is 23.7. The SMILES string of the molecule is CCCCCCCCCCCCCCCC(CC(=O)NC(CO)C(O)CCCCCCCCCCCCCCC)OC(=O)CCCCCCCCCCC. The van der Waals surface area contributed by atoms with E-state index in [0.29, 0.717) is 19.3 Å². The molecule has 0 aliphatic heterocycles. The molecule has 6 heteroatoms. The Balaban J connectivity index is 4.50. The van der Waals surface area contributed by atoms with Crippen molar-refractivity contribution >= 4 is 11.9 Å². The van der Waals surface area contributed by atoms with E-state index in [1.165, 1.54) is 180 Å². The second-order valence-electron chi connectivity index (χ2n) is 16.9. The first-order valence-electron chi connectivity index (χ1n) is 24.3. The molecule has 0 aromatic carbocycles. The molecule has 0 saturated carbocycles. The summed E-state index contributed by atoms with van der Waals surface area (Å²) < 4.78 is 5.90. The lowest BCUT2D eigenvalue weighted by atomic mass is 10.0. The lowest BCUT2D eigenvalue weighted by Crippen LogP contribution is -2.46. The maximum atomic E-state index is 13.1. The molecule has 3 N–H and O–H groups in total. The Hall–Kier alpha value is -1.14. The number of aliphatic hydroxyl groups is 2. The number of carbonyl (C=O) groups excluding carboxylic acids is 2. The van der Waals surface area contributed by atoms with Crippen molar-refractivity contribution in [2.75, 3.05) is 6.61 Å². The zero-order valence-corrected chi connectivity index (χ0v) is 36.6. The largest absolute Gasteiger partial charge is 0.462 e. The van der Waals surface area contributed by atoms with Gasteiger partial charge in [-0.05, 0) is 25.7 Å². The number of aliphatic hydroxyl groups excluding tert-OH is 2. The molecule has 0 saturated heterocycles. The van der Waals surface area contributed by atoms with Crippen molar-refractivity contribution in [1.29, 1.82) is 0 Å². The first-order valence-corrected chi connectivity index (χ1v) is 24.3. The summed E-state index contributed by atoms with van der Waals surface area (Å²) in [6, 6.07) is -0.690. The van der Waals surface area contributed by atoms with E-state index < -0.39 is 18.2 Å². The third-order valence-electron chi connectivity index (χ3n) is 11.4. The van der Waals surface area contributed by atoms with Gasteiger partial charge in [-0.2, -0.15) is 0 Å². The molecule has 6 nitrogen and oxygen atoms in total. The summed E-state index contributed by atoms with van der Waals surface area (Å²) in [7, 11) is 0. The summed E-state index contributed by atoms with van der Waals surface area (Å²) in [5.74, 6) is -0.458. The van der Waals surface area contributed by atoms with E-state index in [4.69, 9.17) is 4.74 Å². The Morgan fingerprint density at radius 1 is 0.463 bits per heavy atom. The van der Waals surface area contributed by atoms with Gasteiger partial charge in [-0.25, -0.2) is 0 Å². The molecule has 0 rings (SSSR count). The fourth-order valence-corrected chi connectivity index (χ4v) is 7.73. The maximum Gasteiger partial charge on any atom is 0.306 e. The number of esters is 1. The van der Waals surface area contributed by atoms with Crippen molar-refractivity contribution in [3.05, 3.63) is 0 Å². The van der Waals surface area contributed by atoms with E-state index in [9.17, 15) is 19.8 Å². The Morgan fingerprint density at radius 3 is 1.13 bits per heavy atom. The van der Waals surface area contributed by atoms with Gasteiger partial charge in [0.05, 0.1) is 25.2 Å². The fraction of sp³-hybridized carbons (Fsp3) is 0.958. The van der Waals surface area contributed by atoms with E-state index in [1.54, 1.807) is 0 Å². The van der Waals surface area contributed by atoms with Crippen LogP contribution in [-0.2, 0) is 14.3 Å². The normalized spacial score (nSPS) is 13.2. The molecule has 0 aliphatic rings. The van der Waals surface area contributed by atoms with Crippen LogP contribution in [0.25, 0.3) is 0 Å². The molecule has 322 valence electrons. The van der Waals surface area contributed by atoms with E-state index in [1.807, 2.05) is 0 Å². The highest BCUT2D eigenvalue weighted by molar-refractivity contribution is 5.77. The van der Waals surface area contributed by atoms with E-state index in [2.05, 4.69) is 26.1 Å². The molecule has 0 heterocycles. The van der Waals surface area contributed by atoms with Gasteiger partial charge in [-0.3, -0.25) is 9.59 Å². The molecule has 0 fully saturated rings. The minimum absolute atomic E-state index is 0.0870. The van der Waals surface area contributed by atoms with Gasteiger partial charge >= 0.3 is 5.97 Å². The third-order valence-corrected chi connectivity index (χ3v) is 11.4. The number of rotatable bonds is 44. The standard InChI is InChI=1S/C48H95NO5/c1-4-7-10-13-16-19-21-23-25-28-30-33-36-39-44(54-48(53)41-38-35-32-27-18-15-12-9-6-3)42-47(52)49-45(43-50)46(51)40-37-34-31-29-26-24-22-20-17-14-11-8-5-2/h44-46,50-51H,4-43H2,1-3H3,(H,49,52). The van der Waals surface area contributed by atoms with Crippen LogP contribution in [0.4, 0.5) is 0 Å². The lowest BCUT2D eigenvalue weighted by Gasteiger charge is -2.24. The topological polar surface area (TPSA) is 95.9 Å². The molecule has 0 spiro atoms. The predicted molar refractivity (Wildman–Crippen MR) is 232 cm³/mol. The maximum absolute atomic E-state index is 13.1. The highest BCUT2D eigenvalue weighted by atomic mass is 16.5. The summed E-state index contributed by atoms with van der Waals surface area (Å²) in [5.41, 5.74) is 0. The van der Waals surface area contributed by atoms with Gasteiger partial charge in [-0.1, -0.05) is 233 Å². The fourth-order valence-electron chi connectivity index (χ4n) is 7.73. The molecule has 0 aromatic rings. The predicted octanol–water partition coefficient (Wildman–Crippen LogP) is 14.0. The molecule has 3 unspecified atom stereocenters. The van der Waals surface area contributed by atoms with E-state index in [-0.39, 0.29) is 24.9 Å². The second-order valence-corrected chi connectivity index (χ2v) is 16.9. The number of carbonyl (C=O) groups is 2. The van der Waals surface area contributed by atoms with Gasteiger partial charge < -0.3 is 20.3 Å². The Labute approximate surface area is 336 Å². The smallest absolute Gasteiger partial charge is 0.306 e. The number of ether oxygens (including phenoxy) is 1. The quantitative estimate of drug-likeness (QED) is 0.0424. The van der Waals surface area contributed by atoms with Gasteiger partial charge in [0.25, 0.3) is 0 Å². The number of hydrogen-bond donors (Lipinski definition) is 3. The van der Waals surface area contributed by atoms with Crippen molar-refractivity contribution in [1.82, 2.24) is 5.32 Å². The molecule has 0 radical (unpaired) electrons. The van der Waals surface area contributed by atoms with Crippen molar-refractivity contribution < 1.29 is 24.5 Å². The number of nitrogens with one attached hydrogen (secondary N) is 1. The Bertz CT molecular complexity index is 776. The van der Waals surface area contributed by atoms with Crippen LogP contribution in [0.2, 0.25) is 0 Å². The number of hydrogen-bond acceptors (Lipinski definition) is 5. The van der Waals surface area contributed by atoms with Gasteiger partial charge in [0.1, 0.15) is 6.10 Å². The summed E-state index contributed by atoms with van der Waals surface area (Å²) in [6.07, 6.45) is 44.4. The summed E-state index contributed by atoms with van der Waals surface area (Å²) in [6.45, 7) is 6.48. The summed E-state index contributed by atoms with van der Waals surface area (Å²) in [4.78, 5) is 26.0. The molecule has 0 aliphatic carbocycles. The Morgan fingerprint density at radius 2 is 0.778 bits per heavy atom. The highest BCUT2D eigenvalue weighted by Gasteiger charge is 2.24. The molecule has 0 bridgehead atoms. The molecule has 1 amide bonds. The number of amides is 1. The van der Waals surface area contributed by atoms with Crippen LogP contribution < -0.4 is 5.32 Å². The summed E-state index contributed by atoms with van der Waals surface area (Å²) >= 11 is 0. The lowest BCUT2D eigenvalue weighted by molar-refractivity contribution is -0.151. The average molecular weight is 766 g/mol. The van der Waals surface area contributed by atoms with Gasteiger partial charge in [0.15, 0.2) is 0 Å². The van der Waals surface area contributed by atoms with Crippen LogP contribution >= 0.6 is 0 Å². The second kappa shape index (κ2) is 43.0. The zero-order chi connectivity index (χ0) is 39.6. The van der Waals surface area contributed by atoms with Crippen LogP contribution in [0.5, 0.6) is 0 Å². The van der Waals surface area contributed by atoms with Crippen LogP contribution in [0, 0.1) is 0 Å². The van der Waals surface area contributed by atoms with Crippen molar-refractivity contribution in [2.45, 2.75) is 289 Å². The van der Waals surface area contributed by atoms with Crippen LogP contribution in [0.15, 0.2) is 0 Å². The zero-order valence-electron chi connectivity index (χ0n) is 36.6. The van der Waals surface area contributed by atoms with Crippen LogP contribution in [0.1, 0.15) is 271 Å². The van der Waals surface area contributed by atoms with Crippen LogP contribution in [0.3, 0.4) is 0 Å². The van der Waals surface area contributed by atoms with Crippen LogP contribution in [-0.4, -0.2) is 46.9 Å². The highest BCUT2D eigenvalue weighted by Crippen LogP contribution is 2.18. The average Bonchev–Trinajstić information content (AvgIpc) is 3.16. The van der Waals surface area contributed by atoms with E-state index >= 15 is 0 Å². The molecule has 0 aromatic heterocycles. The minimum atomic E-state index is -0.777. The van der Waals surface area contributed by atoms with Crippen molar-refractivity contribution in [3.8, 4) is 0 Å². The van der Waals surface area contributed by atoms with Crippen molar-refractivity contribution in [2.24, 2.45) is 0 Å². The third kappa shape index (κ3) is 37.8. The minimum Gasteiger partial charge on any atom is -0.462 e. The van der Waals surface area contributed by atoms with Gasteiger partial charge in [-0.15, -0.1) is 0 Å². The first-order chi connectivity index (χ1) is 26.5.